The van der Waals surface area contributed by atoms with Crippen molar-refractivity contribution < 1.29 is 23.1 Å². The molecule has 94 valence electrons. The lowest BCUT2D eigenvalue weighted by Gasteiger charge is -2.06. The smallest absolute Gasteiger partial charge is 0.320 e. The van der Waals surface area contributed by atoms with Gasteiger partial charge >= 0.3 is 5.97 Å². The first-order chi connectivity index (χ1) is 7.82. The van der Waals surface area contributed by atoms with Gasteiger partial charge < -0.3 is 9.84 Å². The molecule has 0 atom stereocenters. The number of nitrogens with zero attached hydrogens (tertiary/aromatic N) is 2. The molecule has 1 aromatic rings. The number of hydrogen-bond donors (Lipinski definition) is 2. The van der Waals surface area contributed by atoms with Crippen LogP contribution in [-0.4, -0.2) is 42.3 Å². The Labute approximate surface area is 102 Å². The topological polar surface area (TPSA) is 118 Å². The Morgan fingerprint density at radius 2 is 2.24 bits per heavy atom. The Morgan fingerprint density at radius 1 is 1.59 bits per heavy atom. The van der Waals surface area contributed by atoms with Crippen LogP contribution in [-0.2, 0) is 14.8 Å². The summed E-state index contributed by atoms with van der Waals surface area (Å²) in [5.41, 5.74) is 0. The van der Waals surface area contributed by atoms with Crippen molar-refractivity contribution in [3.8, 4) is 5.88 Å². The first-order valence-corrected chi connectivity index (χ1v) is 6.16. The van der Waals surface area contributed by atoms with E-state index >= 15 is 0 Å². The first-order valence-electron chi connectivity index (χ1n) is 4.13. The Kier molecular flexibility index (Phi) is 4.07. The molecule has 0 spiro atoms. The average molecular weight is 282 g/mol. The molecule has 8 nitrogen and oxygen atoms in total. The van der Waals surface area contributed by atoms with E-state index in [9.17, 15) is 13.2 Å². The van der Waals surface area contributed by atoms with Crippen molar-refractivity contribution in [3.05, 3.63) is 11.2 Å². The van der Waals surface area contributed by atoms with Crippen LogP contribution in [0.4, 0.5) is 5.95 Å². The van der Waals surface area contributed by atoms with E-state index < -0.39 is 21.7 Å². The van der Waals surface area contributed by atoms with Crippen molar-refractivity contribution >= 4 is 33.5 Å². The molecule has 0 radical (unpaired) electrons. The summed E-state index contributed by atoms with van der Waals surface area (Å²) in [5, 5.41) is 8.33. The highest BCUT2D eigenvalue weighted by atomic mass is 35.5. The molecule has 0 fully saturated rings. The van der Waals surface area contributed by atoms with Gasteiger partial charge in [0.05, 0.1) is 7.11 Å². The second-order valence-corrected chi connectivity index (χ2v) is 4.92. The largest absolute Gasteiger partial charge is 0.481 e. The number of ether oxygens (including phenoxy) is 1. The fourth-order valence-electron chi connectivity index (χ4n) is 0.885. The second-order valence-electron chi connectivity index (χ2n) is 2.81. The highest BCUT2D eigenvalue weighted by Gasteiger charge is 2.17. The molecule has 0 saturated carbocycles. The maximum Gasteiger partial charge on any atom is 0.320 e. The van der Waals surface area contributed by atoms with E-state index in [1.54, 1.807) is 0 Å². The number of rotatable bonds is 5. The number of anilines is 1. The molecule has 0 aromatic carbocycles. The molecule has 0 bridgehead atoms. The summed E-state index contributed by atoms with van der Waals surface area (Å²) in [6.07, 6.45) is 0. The van der Waals surface area contributed by atoms with Crippen LogP contribution in [0.25, 0.3) is 0 Å². The molecule has 0 aliphatic rings. The minimum absolute atomic E-state index is 0.0372. The van der Waals surface area contributed by atoms with E-state index in [0.29, 0.717) is 0 Å². The van der Waals surface area contributed by atoms with Crippen molar-refractivity contribution in [3.63, 3.8) is 0 Å². The fraction of sp³-hybridized carbons (Fsp3) is 0.286. The van der Waals surface area contributed by atoms with Crippen molar-refractivity contribution in [2.75, 3.05) is 17.6 Å². The number of sulfonamides is 1. The zero-order valence-corrected chi connectivity index (χ0v) is 10.1. The highest BCUT2D eigenvalue weighted by Crippen LogP contribution is 2.16. The Morgan fingerprint density at radius 3 is 2.76 bits per heavy atom. The van der Waals surface area contributed by atoms with Gasteiger partial charge in [0.2, 0.25) is 21.9 Å². The fourth-order valence-corrected chi connectivity index (χ4v) is 1.83. The Balaban J connectivity index is 2.95. The number of aromatic nitrogens is 2. The minimum Gasteiger partial charge on any atom is -0.481 e. The van der Waals surface area contributed by atoms with Gasteiger partial charge in [-0.2, -0.15) is 4.98 Å². The van der Waals surface area contributed by atoms with Crippen LogP contribution < -0.4 is 9.46 Å². The molecule has 0 aliphatic heterocycles. The average Bonchev–Trinajstić information content (AvgIpc) is 2.13. The van der Waals surface area contributed by atoms with Gasteiger partial charge in [0, 0.05) is 6.07 Å². The number of carbonyl (C=O) groups is 1. The second kappa shape index (κ2) is 5.15. The number of hydrogen-bond acceptors (Lipinski definition) is 6. The van der Waals surface area contributed by atoms with E-state index in [-0.39, 0.29) is 17.0 Å². The predicted molar refractivity (Wildman–Crippen MR) is 58.6 cm³/mol. The summed E-state index contributed by atoms with van der Waals surface area (Å²) in [6.45, 7) is 0. The van der Waals surface area contributed by atoms with Gasteiger partial charge in [0.15, 0.2) is 5.75 Å². The molecule has 17 heavy (non-hydrogen) atoms. The number of carboxylic acid groups (broad SMARTS) is 1. The van der Waals surface area contributed by atoms with Gasteiger partial charge in [-0.15, -0.1) is 0 Å². The number of nitrogens with one attached hydrogen (secondary N) is 1. The predicted octanol–water partition coefficient (Wildman–Crippen LogP) is -0.0351. The maximum absolute atomic E-state index is 11.3. The number of methoxy groups -OCH3 is 1. The molecule has 0 aliphatic carbocycles. The van der Waals surface area contributed by atoms with Crippen LogP contribution in [0.1, 0.15) is 0 Å². The van der Waals surface area contributed by atoms with E-state index in [1.165, 1.54) is 13.2 Å². The summed E-state index contributed by atoms with van der Waals surface area (Å²) in [4.78, 5) is 17.5. The highest BCUT2D eigenvalue weighted by molar-refractivity contribution is 7.93. The summed E-state index contributed by atoms with van der Waals surface area (Å²) >= 11 is 5.58. The summed E-state index contributed by atoms with van der Waals surface area (Å²) in [5.74, 6) is -2.88. The molecular weight excluding hydrogens is 274 g/mol. The van der Waals surface area contributed by atoms with Gasteiger partial charge in [0.1, 0.15) is 5.15 Å². The lowest BCUT2D eigenvalue weighted by atomic mass is 10.6. The third-order valence-corrected chi connectivity index (χ3v) is 2.75. The third kappa shape index (κ3) is 4.41. The quantitative estimate of drug-likeness (QED) is 0.727. The van der Waals surface area contributed by atoms with Crippen LogP contribution in [0.5, 0.6) is 5.88 Å². The van der Waals surface area contributed by atoms with Crippen LogP contribution in [0.2, 0.25) is 5.15 Å². The number of aliphatic carboxylic acids is 1. The molecule has 1 heterocycles. The Bertz CT molecular complexity index is 532. The molecular formula is C7H8ClN3O5S. The molecule has 1 aromatic heterocycles. The van der Waals surface area contributed by atoms with Gasteiger partial charge in [0.25, 0.3) is 0 Å². The number of carboxylic acids is 1. The van der Waals surface area contributed by atoms with Crippen molar-refractivity contribution in [2.45, 2.75) is 0 Å². The minimum atomic E-state index is -4.06. The molecule has 1 rings (SSSR count). The first kappa shape index (κ1) is 13.5. The maximum atomic E-state index is 11.3. The van der Waals surface area contributed by atoms with Gasteiger partial charge in [-0.05, 0) is 0 Å². The molecule has 10 heteroatoms. The van der Waals surface area contributed by atoms with E-state index in [2.05, 4.69) is 9.97 Å². The van der Waals surface area contributed by atoms with Crippen LogP contribution in [0.3, 0.4) is 0 Å². The standard InChI is InChI=1S/C7H8ClN3O5S/c1-16-5-2-4(8)9-7(10-5)11-17(14,15)3-6(12)13/h2H,3H2,1H3,(H,12,13)(H,9,10,11). The molecule has 2 N–H and O–H groups in total. The van der Waals surface area contributed by atoms with Gasteiger partial charge in [-0.3, -0.25) is 9.52 Å². The molecule has 0 unspecified atom stereocenters. The SMILES string of the molecule is COc1cc(Cl)nc(NS(=O)(=O)CC(=O)O)n1. The number of halogens is 1. The van der Waals surface area contributed by atoms with Crippen LogP contribution in [0.15, 0.2) is 6.07 Å². The summed E-state index contributed by atoms with van der Waals surface area (Å²) < 4.78 is 29.1. The van der Waals surface area contributed by atoms with Crippen molar-refractivity contribution in [1.82, 2.24) is 9.97 Å². The van der Waals surface area contributed by atoms with Gasteiger partial charge in [-0.25, -0.2) is 13.4 Å². The molecule has 0 saturated heterocycles. The van der Waals surface area contributed by atoms with E-state index in [4.69, 9.17) is 21.4 Å². The summed E-state index contributed by atoms with van der Waals surface area (Å²) in [6, 6.07) is 1.27. The third-order valence-electron chi connectivity index (χ3n) is 1.44. The normalized spacial score (nSPS) is 10.9. The molecule has 0 amide bonds. The van der Waals surface area contributed by atoms with Crippen molar-refractivity contribution in [1.29, 1.82) is 0 Å². The lowest BCUT2D eigenvalue weighted by Crippen LogP contribution is -2.23. The zero-order valence-electron chi connectivity index (χ0n) is 8.55. The van der Waals surface area contributed by atoms with Gasteiger partial charge in [-0.1, -0.05) is 11.6 Å². The lowest BCUT2D eigenvalue weighted by molar-refractivity contribution is -0.134. The van der Waals surface area contributed by atoms with E-state index in [1.807, 2.05) is 4.72 Å². The van der Waals surface area contributed by atoms with Crippen LogP contribution >= 0.6 is 11.6 Å². The van der Waals surface area contributed by atoms with Crippen molar-refractivity contribution in [2.24, 2.45) is 0 Å². The van der Waals surface area contributed by atoms with Crippen LogP contribution in [0, 0.1) is 0 Å². The Hall–Kier alpha value is -1.61. The monoisotopic (exact) mass is 281 g/mol. The zero-order chi connectivity index (χ0) is 13.1. The van der Waals surface area contributed by atoms with E-state index in [0.717, 1.165) is 0 Å². The summed E-state index contributed by atoms with van der Waals surface area (Å²) in [7, 11) is -2.75.